The third kappa shape index (κ3) is 4.11. The first kappa shape index (κ1) is 21.8. The van der Waals surface area contributed by atoms with Gasteiger partial charge in [-0.1, -0.05) is 5.11 Å². The number of hydrazine groups is 2. The third-order valence-electron chi connectivity index (χ3n) is 2.80. The smallest absolute Gasteiger partial charge is 0.374 e. The van der Waals surface area contributed by atoms with Gasteiger partial charge in [-0.25, -0.2) is 22.4 Å². The van der Waals surface area contributed by atoms with Crippen molar-refractivity contribution < 1.29 is 36.2 Å². The average Bonchev–Trinajstić information content (AvgIpc) is 2.56. The number of hydrogen-bond donors (Lipinski definition) is 2. The standard InChI is InChI=1S/C10H12F4N7O4P/c1-20(16)26(23,21(2)17)25-3-24-10(22)4-5(11)7(13)9(18-19-15)8(14)6(4)12/h3,16-17H2,1-2H3. The molecule has 1 rings (SSSR count). The van der Waals surface area contributed by atoms with Crippen LogP contribution in [-0.4, -0.2) is 36.4 Å². The van der Waals surface area contributed by atoms with Gasteiger partial charge < -0.3 is 4.74 Å². The molecule has 11 nitrogen and oxygen atoms in total. The van der Waals surface area contributed by atoms with Crippen LogP contribution in [0, 0.1) is 23.3 Å². The van der Waals surface area contributed by atoms with E-state index in [1.807, 2.05) is 4.91 Å². The molecule has 0 aromatic heterocycles. The van der Waals surface area contributed by atoms with Gasteiger partial charge in [-0.15, -0.1) is 0 Å². The van der Waals surface area contributed by atoms with Gasteiger partial charge in [-0.05, 0) is 5.53 Å². The zero-order chi connectivity index (χ0) is 20.2. The van der Waals surface area contributed by atoms with Crippen LogP contribution in [0.15, 0.2) is 5.11 Å². The van der Waals surface area contributed by atoms with Crippen LogP contribution in [0.5, 0.6) is 0 Å². The molecule has 0 unspecified atom stereocenters. The lowest BCUT2D eigenvalue weighted by molar-refractivity contribution is 0.00933. The fourth-order valence-electron chi connectivity index (χ4n) is 1.56. The molecule has 0 saturated carbocycles. The van der Waals surface area contributed by atoms with Gasteiger partial charge in [-0.3, -0.25) is 20.8 Å². The molecule has 0 radical (unpaired) electrons. The number of hydrogen-bond acceptors (Lipinski definition) is 7. The number of nitrogens with two attached hydrogens (primary N) is 2. The van der Waals surface area contributed by atoms with Crippen LogP contribution in [0.4, 0.5) is 23.2 Å². The minimum Gasteiger partial charge on any atom is -0.434 e. The molecular formula is C10H12F4N7O4P. The topological polar surface area (TPSA) is 160 Å². The third-order valence-corrected chi connectivity index (χ3v) is 4.83. The van der Waals surface area contributed by atoms with Crippen LogP contribution in [-0.2, 0) is 13.8 Å². The van der Waals surface area contributed by atoms with Crippen molar-refractivity contribution in [1.29, 1.82) is 0 Å². The Balaban J connectivity index is 3.09. The summed E-state index contributed by atoms with van der Waals surface area (Å²) in [7, 11) is -1.81. The molecule has 0 bridgehead atoms. The largest absolute Gasteiger partial charge is 0.434 e. The molecule has 0 aliphatic rings. The van der Waals surface area contributed by atoms with E-state index in [0.717, 1.165) is 14.1 Å². The molecule has 0 amide bonds. The van der Waals surface area contributed by atoms with E-state index >= 15 is 0 Å². The molecule has 0 heterocycles. The van der Waals surface area contributed by atoms with Gasteiger partial charge in [-0.2, -0.15) is 9.56 Å². The monoisotopic (exact) mass is 401 g/mol. The minimum atomic E-state index is -4.02. The summed E-state index contributed by atoms with van der Waals surface area (Å²) in [6.45, 7) is -1.18. The Morgan fingerprint density at radius 1 is 1.15 bits per heavy atom. The summed E-state index contributed by atoms with van der Waals surface area (Å²) in [5.41, 5.74) is 4.77. The molecule has 16 heteroatoms. The van der Waals surface area contributed by atoms with E-state index in [9.17, 15) is 26.9 Å². The van der Waals surface area contributed by atoms with E-state index in [2.05, 4.69) is 14.4 Å². The molecule has 0 saturated heterocycles. The van der Waals surface area contributed by atoms with Crippen LogP contribution in [0.3, 0.4) is 0 Å². The second-order valence-electron chi connectivity index (χ2n) is 4.49. The maximum atomic E-state index is 13.8. The van der Waals surface area contributed by atoms with Crippen molar-refractivity contribution in [2.24, 2.45) is 16.8 Å². The Morgan fingerprint density at radius 2 is 1.62 bits per heavy atom. The van der Waals surface area contributed by atoms with Crippen LogP contribution >= 0.6 is 7.67 Å². The van der Waals surface area contributed by atoms with Gasteiger partial charge >= 0.3 is 13.6 Å². The Morgan fingerprint density at radius 3 is 2.00 bits per heavy atom. The first-order valence-corrected chi connectivity index (χ1v) is 7.82. The van der Waals surface area contributed by atoms with Crippen LogP contribution in [0.2, 0.25) is 0 Å². The fraction of sp³-hybridized carbons (Fsp3) is 0.300. The molecule has 0 fully saturated rings. The summed E-state index contributed by atoms with van der Waals surface area (Å²) in [5, 5.41) is 2.46. The summed E-state index contributed by atoms with van der Waals surface area (Å²) >= 11 is 0. The van der Waals surface area contributed by atoms with Crippen molar-refractivity contribution in [1.82, 2.24) is 9.56 Å². The predicted molar refractivity (Wildman–Crippen MR) is 78.0 cm³/mol. The number of nitrogens with zero attached hydrogens (tertiary/aromatic N) is 5. The number of carbonyl (C=O) groups excluding carboxylic acids is 1. The van der Waals surface area contributed by atoms with Crippen LogP contribution in [0.25, 0.3) is 10.4 Å². The lowest BCUT2D eigenvalue weighted by Crippen LogP contribution is -2.36. The highest BCUT2D eigenvalue weighted by Gasteiger charge is 2.33. The maximum absolute atomic E-state index is 13.8. The maximum Gasteiger partial charge on any atom is 0.374 e. The van der Waals surface area contributed by atoms with Gasteiger partial charge in [0.1, 0.15) is 11.3 Å². The van der Waals surface area contributed by atoms with Crippen molar-refractivity contribution in [2.45, 2.75) is 0 Å². The molecule has 144 valence electrons. The number of benzene rings is 1. The average molecular weight is 401 g/mol. The second-order valence-corrected chi connectivity index (χ2v) is 6.99. The van der Waals surface area contributed by atoms with Crippen molar-refractivity contribution in [3.05, 3.63) is 39.3 Å². The summed E-state index contributed by atoms with van der Waals surface area (Å²) in [4.78, 5) is 13.7. The Hall–Kier alpha value is -2.25. The van der Waals surface area contributed by atoms with E-state index in [-0.39, 0.29) is 0 Å². The Kier molecular flexibility index (Phi) is 7.06. The highest BCUT2D eigenvalue weighted by atomic mass is 31.2. The number of carbonyl (C=O) groups is 1. The summed E-state index contributed by atoms with van der Waals surface area (Å²) < 4.78 is 77.0. The second kappa shape index (κ2) is 8.42. The Labute approximate surface area is 143 Å². The number of ether oxygens (including phenoxy) is 1. The van der Waals surface area contributed by atoms with Crippen molar-refractivity contribution in [2.75, 3.05) is 20.9 Å². The van der Waals surface area contributed by atoms with Crippen molar-refractivity contribution in [3.63, 3.8) is 0 Å². The van der Waals surface area contributed by atoms with E-state index < -0.39 is 55.0 Å². The van der Waals surface area contributed by atoms with Gasteiger partial charge in [0.25, 0.3) is 0 Å². The van der Waals surface area contributed by atoms with Crippen molar-refractivity contribution >= 4 is 19.3 Å². The van der Waals surface area contributed by atoms with Gasteiger partial charge in [0, 0.05) is 19.0 Å². The normalized spacial score (nSPS) is 11.6. The molecule has 0 spiro atoms. The molecule has 26 heavy (non-hydrogen) atoms. The summed E-state index contributed by atoms with van der Waals surface area (Å²) in [6.07, 6.45) is 0. The fourth-order valence-corrected chi connectivity index (χ4v) is 2.56. The molecule has 0 aliphatic carbocycles. The zero-order valence-corrected chi connectivity index (χ0v) is 14.1. The van der Waals surface area contributed by atoms with E-state index in [0.29, 0.717) is 9.56 Å². The van der Waals surface area contributed by atoms with Gasteiger partial charge in [0.2, 0.25) is 6.79 Å². The van der Waals surface area contributed by atoms with E-state index in [4.69, 9.17) is 17.2 Å². The first-order valence-electron chi connectivity index (χ1n) is 6.29. The predicted octanol–water partition coefficient (Wildman–Crippen LogP) is 2.03. The summed E-state index contributed by atoms with van der Waals surface area (Å²) in [5.74, 6) is 0.0847. The molecule has 0 atom stereocenters. The van der Waals surface area contributed by atoms with E-state index in [1.54, 1.807) is 0 Å². The number of halogens is 4. The molecule has 4 N–H and O–H groups in total. The number of azide groups is 1. The van der Waals surface area contributed by atoms with E-state index in [1.165, 1.54) is 0 Å². The van der Waals surface area contributed by atoms with Gasteiger partial charge in [0.15, 0.2) is 23.3 Å². The molecular weight excluding hydrogens is 389 g/mol. The molecule has 0 aliphatic heterocycles. The quantitative estimate of drug-likeness (QED) is 0.0670. The highest BCUT2D eigenvalue weighted by Crippen LogP contribution is 2.48. The highest BCUT2D eigenvalue weighted by molar-refractivity contribution is 7.53. The molecule has 1 aromatic rings. The van der Waals surface area contributed by atoms with Crippen molar-refractivity contribution in [3.8, 4) is 0 Å². The van der Waals surface area contributed by atoms with Crippen LogP contribution in [0.1, 0.15) is 10.4 Å². The lowest BCUT2D eigenvalue weighted by Gasteiger charge is -2.27. The first-order chi connectivity index (χ1) is 12.0. The number of esters is 1. The SMILES string of the molecule is CN(N)P(=O)(OCOC(=O)c1c(F)c(F)c(N=[N+]=[N-])c(F)c1F)N(C)N. The Bertz CT molecular complexity index is 774. The minimum absolute atomic E-state index is 0.552. The van der Waals surface area contributed by atoms with Gasteiger partial charge in [0.05, 0.1) is 0 Å². The zero-order valence-electron chi connectivity index (χ0n) is 13.2. The summed E-state index contributed by atoms with van der Waals surface area (Å²) in [6, 6.07) is 0. The molecule has 1 aromatic carbocycles. The number of rotatable bonds is 7. The van der Waals surface area contributed by atoms with Crippen LogP contribution < -0.4 is 11.7 Å². The lowest BCUT2D eigenvalue weighted by atomic mass is 10.1.